The molecule has 8 heteroatoms. The number of thiazole rings is 1. The van der Waals surface area contributed by atoms with E-state index in [0.717, 1.165) is 43.0 Å². The molecule has 3 N–H and O–H groups in total. The fourth-order valence-corrected chi connectivity index (χ4v) is 2.98. The average molecular weight is 291 g/mol. The van der Waals surface area contributed by atoms with Crippen molar-refractivity contribution >= 4 is 28.1 Å². The lowest BCUT2D eigenvalue weighted by atomic mass is 10.3. The van der Waals surface area contributed by atoms with Gasteiger partial charge in [-0.2, -0.15) is 0 Å². The van der Waals surface area contributed by atoms with E-state index >= 15 is 0 Å². The number of nitrogen functional groups attached to an aromatic ring is 1. The third kappa shape index (κ3) is 2.66. The lowest BCUT2D eigenvalue weighted by molar-refractivity contribution is 0.644. The van der Waals surface area contributed by atoms with E-state index in [2.05, 4.69) is 30.2 Å². The van der Waals surface area contributed by atoms with E-state index in [4.69, 9.17) is 5.84 Å². The van der Waals surface area contributed by atoms with Gasteiger partial charge in [-0.15, -0.1) is 11.3 Å². The molecule has 3 rings (SSSR count). The van der Waals surface area contributed by atoms with E-state index in [1.165, 1.54) is 0 Å². The Morgan fingerprint density at radius 2 is 1.95 bits per heavy atom. The number of hydrogen-bond donors (Lipinski definition) is 2. The van der Waals surface area contributed by atoms with Crippen LogP contribution >= 0.6 is 11.3 Å². The first-order valence-electron chi connectivity index (χ1n) is 6.48. The Balaban J connectivity index is 1.70. The largest absolute Gasteiger partial charge is 0.353 e. The Kier molecular flexibility index (Phi) is 3.66. The second-order valence-corrected chi connectivity index (χ2v) is 5.46. The van der Waals surface area contributed by atoms with E-state index in [1.807, 2.05) is 24.6 Å². The molecule has 0 aromatic carbocycles. The predicted octanol–water partition coefficient (Wildman–Crippen LogP) is 0.854. The van der Waals surface area contributed by atoms with Gasteiger partial charge in [-0.25, -0.2) is 20.8 Å². The number of nitrogens with one attached hydrogen (secondary N) is 1. The first kappa shape index (κ1) is 13.1. The standard InChI is InChI=1S/C12H17N7S/c1-9-15-10(17-13)8-11(16-9)18-3-5-19(6-4-18)12-14-2-7-20-12/h2,7-8H,3-6,13H2,1H3,(H,15,16,17). The van der Waals surface area contributed by atoms with Gasteiger partial charge >= 0.3 is 0 Å². The summed E-state index contributed by atoms with van der Waals surface area (Å²) in [6.45, 7) is 5.60. The third-order valence-electron chi connectivity index (χ3n) is 3.27. The zero-order valence-corrected chi connectivity index (χ0v) is 12.1. The smallest absolute Gasteiger partial charge is 0.185 e. The summed E-state index contributed by atoms with van der Waals surface area (Å²) in [7, 11) is 0. The second-order valence-electron chi connectivity index (χ2n) is 4.59. The summed E-state index contributed by atoms with van der Waals surface area (Å²) in [5.74, 6) is 7.72. The molecule has 0 spiro atoms. The Hall–Kier alpha value is -1.93. The first-order valence-corrected chi connectivity index (χ1v) is 7.36. The van der Waals surface area contributed by atoms with Crippen molar-refractivity contribution in [3.63, 3.8) is 0 Å². The van der Waals surface area contributed by atoms with Gasteiger partial charge in [0, 0.05) is 43.8 Å². The molecule has 0 radical (unpaired) electrons. The molecule has 0 amide bonds. The van der Waals surface area contributed by atoms with Crippen LogP contribution in [0.3, 0.4) is 0 Å². The highest BCUT2D eigenvalue weighted by molar-refractivity contribution is 7.13. The molecular formula is C12H17N7S. The highest BCUT2D eigenvalue weighted by atomic mass is 32.1. The van der Waals surface area contributed by atoms with Crippen LogP contribution in [0.15, 0.2) is 17.6 Å². The van der Waals surface area contributed by atoms with Gasteiger partial charge in [0.2, 0.25) is 0 Å². The maximum Gasteiger partial charge on any atom is 0.185 e. The molecule has 106 valence electrons. The minimum absolute atomic E-state index is 0.648. The van der Waals surface area contributed by atoms with Gasteiger partial charge in [0.15, 0.2) is 5.13 Å². The Morgan fingerprint density at radius 3 is 2.60 bits per heavy atom. The Morgan fingerprint density at radius 1 is 1.20 bits per heavy atom. The van der Waals surface area contributed by atoms with Crippen LogP contribution in [0.2, 0.25) is 0 Å². The lowest BCUT2D eigenvalue weighted by Gasteiger charge is -2.35. The van der Waals surface area contributed by atoms with Crippen LogP contribution in [0.25, 0.3) is 0 Å². The van der Waals surface area contributed by atoms with Crippen molar-refractivity contribution in [2.75, 3.05) is 41.4 Å². The van der Waals surface area contributed by atoms with Crippen molar-refractivity contribution in [3.05, 3.63) is 23.5 Å². The number of aromatic nitrogens is 3. The third-order valence-corrected chi connectivity index (χ3v) is 4.10. The van der Waals surface area contributed by atoms with Crippen molar-refractivity contribution in [2.45, 2.75) is 6.92 Å². The Labute approximate surface area is 121 Å². The Bertz CT molecular complexity index is 563. The van der Waals surface area contributed by atoms with Gasteiger partial charge in [0.1, 0.15) is 17.5 Å². The predicted molar refractivity (Wildman–Crippen MR) is 81.1 cm³/mol. The molecule has 0 unspecified atom stereocenters. The molecule has 7 nitrogen and oxygen atoms in total. The van der Waals surface area contributed by atoms with E-state index in [9.17, 15) is 0 Å². The van der Waals surface area contributed by atoms with Crippen molar-refractivity contribution in [1.82, 2.24) is 15.0 Å². The van der Waals surface area contributed by atoms with Crippen LogP contribution in [0.1, 0.15) is 5.82 Å². The summed E-state index contributed by atoms with van der Waals surface area (Å²) >= 11 is 1.68. The maximum atomic E-state index is 5.43. The van der Waals surface area contributed by atoms with Crippen LogP contribution in [-0.2, 0) is 0 Å². The number of hydrogen-bond acceptors (Lipinski definition) is 8. The van der Waals surface area contributed by atoms with E-state index in [1.54, 1.807) is 11.3 Å². The summed E-state index contributed by atoms with van der Waals surface area (Å²) in [6, 6.07) is 1.88. The minimum Gasteiger partial charge on any atom is -0.353 e. The molecular weight excluding hydrogens is 274 g/mol. The zero-order valence-electron chi connectivity index (χ0n) is 11.3. The summed E-state index contributed by atoms with van der Waals surface area (Å²) < 4.78 is 0. The van der Waals surface area contributed by atoms with Crippen molar-refractivity contribution in [3.8, 4) is 0 Å². The monoisotopic (exact) mass is 291 g/mol. The summed E-state index contributed by atoms with van der Waals surface area (Å²) in [6.07, 6.45) is 1.85. The zero-order chi connectivity index (χ0) is 13.9. The second kappa shape index (κ2) is 5.59. The lowest BCUT2D eigenvalue weighted by Crippen LogP contribution is -2.46. The molecule has 1 fully saturated rings. The van der Waals surface area contributed by atoms with Gasteiger partial charge in [-0.3, -0.25) is 0 Å². The molecule has 1 aliphatic heterocycles. The number of rotatable bonds is 3. The van der Waals surface area contributed by atoms with Gasteiger partial charge in [0.05, 0.1) is 0 Å². The quantitative estimate of drug-likeness (QED) is 0.641. The first-order chi connectivity index (χ1) is 9.76. The molecule has 0 saturated carbocycles. The van der Waals surface area contributed by atoms with Gasteiger partial charge in [-0.1, -0.05) is 0 Å². The van der Waals surface area contributed by atoms with Gasteiger partial charge in [-0.05, 0) is 6.92 Å². The normalized spacial score (nSPS) is 15.5. The summed E-state index contributed by atoms with van der Waals surface area (Å²) in [5, 5.41) is 3.10. The van der Waals surface area contributed by atoms with Gasteiger partial charge < -0.3 is 15.2 Å². The van der Waals surface area contributed by atoms with Crippen LogP contribution in [0, 0.1) is 6.92 Å². The molecule has 20 heavy (non-hydrogen) atoms. The minimum atomic E-state index is 0.648. The summed E-state index contributed by atoms with van der Waals surface area (Å²) in [4.78, 5) is 17.6. The maximum absolute atomic E-state index is 5.43. The molecule has 2 aromatic heterocycles. The van der Waals surface area contributed by atoms with E-state index in [-0.39, 0.29) is 0 Å². The van der Waals surface area contributed by atoms with Crippen LogP contribution in [0.4, 0.5) is 16.8 Å². The average Bonchev–Trinajstić information content (AvgIpc) is 3.01. The number of anilines is 3. The SMILES string of the molecule is Cc1nc(NN)cc(N2CCN(c3nccs3)CC2)n1. The molecule has 1 aliphatic rings. The van der Waals surface area contributed by atoms with Crippen LogP contribution < -0.4 is 21.1 Å². The molecule has 0 atom stereocenters. The fraction of sp³-hybridized carbons (Fsp3) is 0.417. The fourth-order valence-electron chi connectivity index (χ4n) is 2.29. The number of nitrogens with two attached hydrogens (primary N) is 1. The van der Waals surface area contributed by atoms with E-state index < -0.39 is 0 Å². The number of nitrogens with zero attached hydrogens (tertiary/aromatic N) is 5. The van der Waals surface area contributed by atoms with Gasteiger partial charge in [0.25, 0.3) is 0 Å². The van der Waals surface area contributed by atoms with Crippen LogP contribution in [0.5, 0.6) is 0 Å². The number of hydrazine groups is 1. The van der Waals surface area contributed by atoms with Crippen molar-refractivity contribution < 1.29 is 0 Å². The number of aryl methyl sites for hydroxylation is 1. The molecule has 3 heterocycles. The highest BCUT2D eigenvalue weighted by Crippen LogP contribution is 2.22. The summed E-state index contributed by atoms with van der Waals surface area (Å²) in [5.41, 5.74) is 2.58. The van der Waals surface area contributed by atoms with E-state index in [0.29, 0.717) is 5.82 Å². The molecule has 2 aromatic rings. The molecule has 0 bridgehead atoms. The molecule has 1 saturated heterocycles. The van der Waals surface area contributed by atoms with Crippen molar-refractivity contribution in [2.24, 2.45) is 5.84 Å². The number of piperazine rings is 1. The van der Waals surface area contributed by atoms with Crippen LogP contribution in [-0.4, -0.2) is 41.1 Å². The highest BCUT2D eigenvalue weighted by Gasteiger charge is 2.20. The topological polar surface area (TPSA) is 83.2 Å². The molecule has 0 aliphatic carbocycles. The van der Waals surface area contributed by atoms with Crippen molar-refractivity contribution in [1.29, 1.82) is 0 Å².